The number of amides is 1. The summed E-state index contributed by atoms with van der Waals surface area (Å²) < 4.78 is 5.09. The lowest BCUT2D eigenvalue weighted by Crippen LogP contribution is -2.29. The van der Waals surface area contributed by atoms with Gasteiger partial charge in [0.2, 0.25) is 0 Å². The van der Waals surface area contributed by atoms with Crippen LogP contribution >= 0.6 is 11.6 Å². The molecule has 2 rings (SSSR count). The highest BCUT2D eigenvalue weighted by Crippen LogP contribution is 2.25. The third-order valence-corrected chi connectivity index (χ3v) is 3.40. The molecule has 1 heterocycles. The van der Waals surface area contributed by atoms with E-state index >= 15 is 0 Å². The van der Waals surface area contributed by atoms with Crippen molar-refractivity contribution in [3.8, 4) is 5.75 Å². The molecule has 1 amide bonds. The van der Waals surface area contributed by atoms with E-state index in [1.165, 1.54) is 12.1 Å². The summed E-state index contributed by atoms with van der Waals surface area (Å²) in [5, 5.41) is 10.2. The van der Waals surface area contributed by atoms with Gasteiger partial charge >= 0.3 is 0 Å². The molecule has 0 saturated carbocycles. The van der Waals surface area contributed by atoms with Crippen molar-refractivity contribution in [2.75, 3.05) is 26.8 Å². The fraction of sp³-hybridized carbons (Fsp3) is 0.462. The molecule has 1 aromatic carbocycles. The molecule has 5 heteroatoms. The number of likely N-dealkylation sites (tertiary alicyclic amines) is 1. The maximum atomic E-state index is 12.2. The van der Waals surface area contributed by atoms with Gasteiger partial charge in [0.25, 0.3) is 5.91 Å². The molecule has 1 aliphatic heterocycles. The first-order chi connectivity index (χ1) is 8.61. The Morgan fingerprint density at radius 3 is 3.11 bits per heavy atom. The van der Waals surface area contributed by atoms with Crippen LogP contribution in [0, 0.1) is 5.92 Å². The molecule has 1 aliphatic rings. The van der Waals surface area contributed by atoms with E-state index in [9.17, 15) is 9.90 Å². The van der Waals surface area contributed by atoms with Crippen LogP contribution in [0.2, 0.25) is 5.02 Å². The standard InChI is InChI=1S/C13H16ClNO3/c1-18-8-9-4-5-15(7-9)13(17)11-6-10(14)2-3-12(11)16/h2-3,6,9,16H,4-5,7-8H2,1H3. The van der Waals surface area contributed by atoms with Gasteiger partial charge in [0.1, 0.15) is 5.75 Å². The van der Waals surface area contributed by atoms with Crippen LogP contribution in [0.25, 0.3) is 0 Å². The highest BCUT2D eigenvalue weighted by atomic mass is 35.5. The fourth-order valence-electron chi connectivity index (χ4n) is 2.24. The maximum absolute atomic E-state index is 12.2. The first-order valence-corrected chi connectivity index (χ1v) is 6.26. The lowest BCUT2D eigenvalue weighted by molar-refractivity contribution is 0.0772. The number of carbonyl (C=O) groups excluding carboxylic acids is 1. The maximum Gasteiger partial charge on any atom is 0.257 e. The minimum atomic E-state index is -0.173. The summed E-state index contributed by atoms with van der Waals surface area (Å²) in [6, 6.07) is 4.51. The van der Waals surface area contributed by atoms with Gasteiger partial charge in [-0.2, -0.15) is 0 Å². The average molecular weight is 270 g/mol. The summed E-state index contributed by atoms with van der Waals surface area (Å²) in [7, 11) is 1.66. The molecular weight excluding hydrogens is 254 g/mol. The van der Waals surface area contributed by atoms with Crippen molar-refractivity contribution in [3.63, 3.8) is 0 Å². The molecule has 4 nitrogen and oxygen atoms in total. The molecule has 98 valence electrons. The molecule has 1 unspecified atom stereocenters. The molecular formula is C13H16ClNO3. The van der Waals surface area contributed by atoms with Gasteiger partial charge in [-0.15, -0.1) is 0 Å². The number of rotatable bonds is 3. The summed E-state index contributed by atoms with van der Waals surface area (Å²) in [6.07, 6.45) is 0.931. The molecule has 0 radical (unpaired) electrons. The average Bonchev–Trinajstić information content (AvgIpc) is 2.80. The number of phenolic OH excluding ortho intramolecular Hbond substituents is 1. The van der Waals surface area contributed by atoms with Gasteiger partial charge in [-0.25, -0.2) is 0 Å². The zero-order valence-electron chi connectivity index (χ0n) is 10.2. The van der Waals surface area contributed by atoms with E-state index in [4.69, 9.17) is 16.3 Å². The van der Waals surface area contributed by atoms with Crippen molar-refractivity contribution in [2.45, 2.75) is 6.42 Å². The number of ether oxygens (including phenoxy) is 1. The molecule has 1 saturated heterocycles. The second-order valence-corrected chi connectivity index (χ2v) is 4.96. The second-order valence-electron chi connectivity index (χ2n) is 4.52. The smallest absolute Gasteiger partial charge is 0.257 e. The normalized spacial score (nSPS) is 19.2. The number of nitrogens with zero attached hydrogens (tertiary/aromatic N) is 1. The highest BCUT2D eigenvalue weighted by Gasteiger charge is 2.28. The molecule has 1 fully saturated rings. The van der Waals surface area contributed by atoms with Crippen LogP contribution in [0.5, 0.6) is 5.75 Å². The van der Waals surface area contributed by atoms with Crippen LogP contribution in [0.3, 0.4) is 0 Å². The van der Waals surface area contributed by atoms with Crippen molar-refractivity contribution < 1.29 is 14.6 Å². The van der Waals surface area contributed by atoms with Crippen molar-refractivity contribution in [1.82, 2.24) is 4.90 Å². The summed E-state index contributed by atoms with van der Waals surface area (Å²) >= 11 is 5.84. The van der Waals surface area contributed by atoms with Gasteiger partial charge in [-0.3, -0.25) is 4.79 Å². The number of aromatic hydroxyl groups is 1. The van der Waals surface area contributed by atoms with Crippen LogP contribution in [0.15, 0.2) is 18.2 Å². The van der Waals surface area contributed by atoms with Crippen molar-refractivity contribution in [3.05, 3.63) is 28.8 Å². The number of benzene rings is 1. The Morgan fingerprint density at radius 1 is 1.61 bits per heavy atom. The number of hydrogen-bond acceptors (Lipinski definition) is 3. The Bertz CT molecular complexity index is 450. The molecule has 1 atom stereocenters. The molecule has 0 spiro atoms. The lowest BCUT2D eigenvalue weighted by Gasteiger charge is -2.17. The summed E-state index contributed by atoms with van der Waals surface area (Å²) in [4.78, 5) is 14.0. The van der Waals surface area contributed by atoms with Crippen LogP contribution in [0.1, 0.15) is 16.8 Å². The number of hydrogen-bond donors (Lipinski definition) is 1. The largest absolute Gasteiger partial charge is 0.507 e. The van der Waals surface area contributed by atoms with Crippen LogP contribution in [-0.2, 0) is 4.74 Å². The molecule has 0 bridgehead atoms. The predicted molar refractivity (Wildman–Crippen MR) is 69.0 cm³/mol. The van der Waals surface area contributed by atoms with E-state index in [2.05, 4.69) is 0 Å². The first-order valence-electron chi connectivity index (χ1n) is 5.88. The quantitative estimate of drug-likeness (QED) is 0.915. The SMILES string of the molecule is COCC1CCN(C(=O)c2cc(Cl)ccc2O)C1. The van der Waals surface area contributed by atoms with Crippen LogP contribution in [-0.4, -0.2) is 42.7 Å². The third kappa shape index (κ3) is 2.76. The summed E-state index contributed by atoms with van der Waals surface area (Å²) in [5.41, 5.74) is 0.264. The van der Waals surface area contributed by atoms with Crippen molar-refractivity contribution in [1.29, 1.82) is 0 Å². The fourth-order valence-corrected chi connectivity index (χ4v) is 2.41. The molecule has 1 N–H and O–H groups in total. The van der Waals surface area contributed by atoms with E-state index < -0.39 is 0 Å². The third-order valence-electron chi connectivity index (χ3n) is 3.16. The van der Waals surface area contributed by atoms with Gasteiger partial charge in [0.05, 0.1) is 12.2 Å². The zero-order valence-corrected chi connectivity index (χ0v) is 11.0. The van der Waals surface area contributed by atoms with E-state index in [0.29, 0.717) is 30.6 Å². The lowest BCUT2D eigenvalue weighted by atomic mass is 10.1. The summed E-state index contributed by atoms with van der Waals surface area (Å²) in [6.45, 7) is 2.02. The van der Waals surface area contributed by atoms with E-state index in [-0.39, 0.29) is 17.2 Å². The molecule has 1 aromatic rings. The van der Waals surface area contributed by atoms with Gasteiger partial charge in [-0.1, -0.05) is 11.6 Å². The molecule has 0 aromatic heterocycles. The van der Waals surface area contributed by atoms with Gasteiger partial charge in [-0.05, 0) is 24.6 Å². The minimum absolute atomic E-state index is 0.0282. The predicted octanol–water partition coefficient (Wildman–Crippen LogP) is 2.15. The minimum Gasteiger partial charge on any atom is -0.507 e. The first kappa shape index (κ1) is 13.2. The Balaban J connectivity index is 2.10. The van der Waals surface area contributed by atoms with Gasteiger partial charge < -0.3 is 14.7 Å². The Morgan fingerprint density at radius 2 is 2.39 bits per heavy atom. The monoisotopic (exact) mass is 269 g/mol. The summed E-state index contributed by atoms with van der Waals surface area (Å²) in [5.74, 6) is 0.175. The zero-order chi connectivity index (χ0) is 13.1. The van der Waals surface area contributed by atoms with Gasteiger partial charge in [0.15, 0.2) is 0 Å². The Labute approximate surface area is 111 Å². The number of phenols is 1. The highest BCUT2D eigenvalue weighted by molar-refractivity contribution is 6.31. The number of halogens is 1. The topological polar surface area (TPSA) is 49.8 Å². The molecule has 18 heavy (non-hydrogen) atoms. The molecule has 0 aliphatic carbocycles. The van der Waals surface area contributed by atoms with Crippen molar-refractivity contribution in [2.24, 2.45) is 5.92 Å². The van der Waals surface area contributed by atoms with E-state index in [1.54, 1.807) is 18.1 Å². The number of methoxy groups -OCH3 is 1. The second kappa shape index (κ2) is 5.59. The van der Waals surface area contributed by atoms with Crippen LogP contribution < -0.4 is 0 Å². The van der Waals surface area contributed by atoms with E-state index in [1.807, 2.05) is 0 Å². The Hall–Kier alpha value is -1.26. The Kier molecular flexibility index (Phi) is 4.09. The van der Waals surface area contributed by atoms with Gasteiger partial charge in [0, 0.05) is 31.1 Å². The number of carbonyl (C=O) groups is 1. The van der Waals surface area contributed by atoms with Crippen LogP contribution in [0.4, 0.5) is 0 Å². The van der Waals surface area contributed by atoms with Crippen molar-refractivity contribution >= 4 is 17.5 Å². The van der Waals surface area contributed by atoms with E-state index in [0.717, 1.165) is 6.42 Å².